The van der Waals surface area contributed by atoms with Crippen molar-refractivity contribution in [1.82, 2.24) is 0 Å². The molecule has 0 saturated heterocycles. The zero-order chi connectivity index (χ0) is 9.78. The minimum absolute atomic E-state index is 0.402. The molecule has 0 aliphatic carbocycles. The average Bonchev–Trinajstić information content (AvgIpc) is 2.16. The van der Waals surface area contributed by atoms with E-state index in [0.29, 0.717) is 8.27 Å². The predicted octanol–water partition coefficient (Wildman–Crippen LogP) is 4.49. The summed E-state index contributed by atoms with van der Waals surface area (Å²) >= 11 is 0. The van der Waals surface area contributed by atoms with Crippen LogP contribution in [0.1, 0.15) is 58.8 Å². The Morgan fingerprint density at radius 3 is 2.08 bits per heavy atom. The van der Waals surface area contributed by atoms with Crippen molar-refractivity contribution in [3.63, 3.8) is 0 Å². The summed E-state index contributed by atoms with van der Waals surface area (Å²) < 4.78 is 0. The Hall–Kier alpha value is 0.860. The summed E-state index contributed by atoms with van der Waals surface area (Å²) in [7, 11) is 1.79. The summed E-state index contributed by atoms with van der Waals surface area (Å²) in [4.78, 5) is 0. The van der Waals surface area contributed by atoms with E-state index in [1.54, 1.807) is 6.16 Å². The van der Waals surface area contributed by atoms with E-state index in [4.69, 9.17) is 0 Å². The van der Waals surface area contributed by atoms with Gasteiger partial charge >= 0.3 is 87.7 Å². The molecule has 82 valence electrons. The van der Waals surface area contributed by atoms with Gasteiger partial charge in [0.15, 0.2) is 0 Å². The third-order valence-corrected chi connectivity index (χ3v) is 7.57. The van der Waals surface area contributed by atoms with E-state index in [1.807, 2.05) is 0 Å². The van der Waals surface area contributed by atoms with Crippen LogP contribution in [0.5, 0.6) is 0 Å². The molecule has 0 aromatic heterocycles. The van der Waals surface area contributed by atoms with Crippen LogP contribution in [0.25, 0.3) is 0 Å². The normalized spacial score (nSPS) is 11.8. The van der Waals surface area contributed by atoms with E-state index in [9.17, 15) is 0 Å². The fraction of sp³-hybridized carbons (Fsp3) is 1.00. The Morgan fingerprint density at radius 1 is 0.846 bits per heavy atom. The Morgan fingerprint density at radius 2 is 1.46 bits per heavy atom. The zero-order valence-electron chi connectivity index (χ0n) is 9.57. The van der Waals surface area contributed by atoms with Gasteiger partial charge in [-0.3, -0.25) is 0 Å². The van der Waals surface area contributed by atoms with Crippen LogP contribution >= 0.6 is 16.5 Å². The first-order chi connectivity index (χ1) is 6.41. The molecule has 0 aromatic rings. The summed E-state index contributed by atoms with van der Waals surface area (Å²) in [6.07, 6.45) is 13.4. The first-order valence-electron chi connectivity index (χ1n) is 6.12. The van der Waals surface area contributed by atoms with E-state index >= 15 is 0 Å². The van der Waals surface area contributed by atoms with E-state index in [2.05, 4.69) is 13.8 Å². The van der Waals surface area contributed by atoms with Gasteiger partial charge in [-0.1, -0.05) is 0 Å². The van der Waals surface area contributed by atoms with Gasteiger partial charge in [0, 0.05) is 0 Å². The van der Waals surface area contributed by atoms with Crippen LogP contribution in [0.15, 0.2) is 0 Å². The Bertz CT molecular complexity index is 74.2. The van der Waals surface area contributed by atoms with E-state index in [1.165, 1.54) is 59.4 Å². The molecule has 0 aliphatic heterocycles. The van der Waals surface area contributed by atoms with Gasteiger partial charge in [0.25, 0.3) is 0 Å². The Kier molecular flexibility index (Phi) is 13.7. The van der Waals surface area contributed by atoms with Gasteiger partial charge in [0.05, 0.1) is 0 Å². The molecule has 2 heteroatoms. The fourth-order valence-corrected chi connectivity index (χ4v) is 5.17. The first-order valence-corrected chi connectivity index (χ1v) is 10.7. The molecule has 1 atom stereocenters. The van der Waals surface area contributed by atoms with Gasteiger partial charge in [-0.15, -0.1) is 0 Å². The minimum atomic E-state index is 0.402. The van der Waals surface area contributed by atoms with Crippen molar-refractivity contribution in [2.75, 3.05) is 12.3 Å². The number of unbranched alkanes of at least 4 members (excludes halogenated alkanes) is 6. The molecular weight excluding hydrogens is 194 g/mol. The molecular formula is C11H28P2. The molecule has 0 bridgehead atoms. The molecule has 13 heavy (non-hydrogen) atoms. The van der Waals surface area contributed by atoms with Crippen LogP contribution < -0.4 is 0 Å². The van der Waals surface area contributed by atoms with Crippen LogP contribution in [-0.2, 0) is 0 Å². The van der Waals surface area contributed by atoms with Crippen LogP contribution in [0.3, 0.4) is 0 Å². The van der Waals surface area contributed by atoms with Crippen molar-refractivity contribution in [3.8, 4) is 0 Å². The average molecular weight is 222 g/mol. The van der Waals surface area contributed by atoms with Crippen LogP contribution in [0.2, 0.25) is 0 Å². The molecule has 0 saturated carbocycles. The summed E-state index contributed by atoms with van der Waals surface area (Å²) in [5.41, 5.74) is 0. The van der Waals surface area contributed by atoms with Crippen molar-refractivity contribution < 1.29 is 0 Å². The van der Waals surface area contributed by atoms with Gasteiger partial charge < -0.3 is 0 Å². The zero-order valence-corrected chi connectivity index (χ0v) is 12.0. The van der Waals surface area contributed by atoms with Gasteiger partial charge in [0.2, 0.25) is 0 Å². The monoisotopic (exact) mass is 222 g/mol. The SMILES string of the molecule is CCCCCCCCCP[PH3]CC. The second kappa shape index (κ2) is 12.9. The molecule has 0 fully saturated rings. The van der Waals surface area contributed by atoms with Crippen molar-refractivity contribution in [2.45, 2.75) is 58.8 Å². The predicted molar refractivity (Wildman–Crippen MR) is 72.8 cm³/mol. The second-order valence-corrected chi connectivity index (χ2v) is 9.37. The molecule has 0 aliphatic rings. The van der Waals surface area contributed by atoms with Crippen molar-refractivity contribution in [3.05, 3.63) is 0 Å². The first kappa shape index (κ1) is 13.9. The van der Waals surface area contributed by atoms with Gasteiger partial charge in [-0.25, -0.2) is 0 Å². The molecule has 0 aromatic carbocycles. The summed E-state index contributed by atoms with van der Waals surface area (Å²) in [6, 6.07) is 0. The number of hydrogen-bond donors (Lipinski definition) is 0. The van der Waals surface area contributed by atoms with Crippen molar-refractivity contribution >= 4 is 16.5 Å². The molecule has 0 nitrogen and oxygen atoms in total. The standard InChI is InChI=1S/C11H28P2/c1-3-5-6-7-8-9-10-11-13-12-4-2/h13H,3-11H2,1-2,12H3. The van der Waals surface area contributed by atoms with Crippen LogP contribution in [0, 0.1) is 0 Å². The van der Waals surface area contributed by atoms with Gasteiger partial charge in [-0.05, 0) is 0 Å². The van der Waals surface area contributed by atoms with Crippen molar-refractivity contribution in [2.24, 2.45) is 0 Å². The molecule has 1 unspecified atom stereocenters. The van der Waals surface area contributed by atoms with Gasteiger partial charge in [-0.2, -0.15) is 0 Å². The summed E-state index contributed by atoms with van der Waals surface area (Å²) in [6.45, 7) is 4.64. The Labute approximate surface area is 88.1 Å². The molecule has 0 rings (SSSR count). The quantitative estimate of drug-likeness (QED) is 0.377. The van der Waals surface area contributed by atoms with Gasteiger partial charge in [0.1, 0.15) is 0 Å². The fourth-order valence-electron chi connectivity index (χ4n) is 1.51. The molecule has 0 amide bonds. The Balaban J connectivity index is 2.76. The topological polar surface area (TPSA) is 0 Å². The molecule has 0 heterocycles. The maximum absolute atomic E-state index is 2.35. The second-order valence-electron chi connectivity index (χ2n) is 3.87. The third kappa shape index (κ3) is 12.9. The summed E-state index contributed by atoms with van der Waals surface area (Å²) in [5.74, 6) is 0. The number of rotatable bonds is 10. The molecule has 0 spiro atoms. The van der Waals surface area contributed by atoms with E-state index < -0.39 is 0 Å². The number of hydrogen-bond acceptors (Lipinski definition) is 0. The van der Waals surface area contributed by atoms with Crippen LogP contribution in [-0.4, -0.2) is 12.3 Å². The summed E-state index contributed by atoms with van der Waals surface area (Å²) in [5, 5.41) is 0. The van der Waals surface area contributed by atoms with E-state index in [0.717, 1.165) is 0 Å². The van der Waals surface area contributed by atoms with Crippen molar-refractivity contribution in [1.29, 1.82) is 0 Å². The molecule has 0 N–H and O–H groups in total. The van der Waals surface area contributed by atoms with Crippen LogP contribution in [0.4, 0.5) is 0 Å². The maximum atomic E-state index is 2.35. The molecule has 0 radical (unpaired) electrons. The van der Waals surface area contributed by atoms with E-state index in [-0.39, 0.29) is 0 Å². The third-order valence-electron chi connectivity index (χ3n) is 2.38.